The van der Waals surface area contributed by atoms with Crippen molar-refractivity contribution in [3.05, 3.63) is 57.9 Å². The van der Waals surface area contributed by atoms with Gasteiger partial charge in [0.15, 0.2) is 0 Å². The standard InChI is InChI=1S/C27H33N5O3S/c1-3-35-27(34)19-15-32(18-9-10-18)23-20(25(19)33)21(28)22(29)24(31-13-11-30(2)12-14-31)26(23)36-16-17-7-5-4-6-8-17/h4-8,15,18H,3,9-14,16,28-29H2,1-2H3. The summed E-state index contributed by atoms with van der Waals surface area (Å²) in [6.07, 6.45) is 3.64. The van der Waals surface area contributed by atoms with Crippen LogP contribution in [-0.2, 0) is 10.5 Å². The maximum atomic E-state index is 13.7. The van der Waals surface area contributed by atoms with Crippen molar-refractivity contribution in [2.24, 2.45) is 0 Å². The normalized spacial score (nSPS) is 16.4. The molecule has 36 heavy (non-hydrogen) atoms. The molecule has 0 unspecified atom stereocenters. The molecule has 0 spiro atoms. The van der Waals surface area contributed by atoms with E-state index in [0.717, 1.165) is 60.9 Å². The Hall–Kier alpha value is -3.17. The lowest BCUT2D eigenvalue weighted by molar-refractivity contribution is 0.0524. The molecule has 190 valence electrons. The lowest BCUT2D eigenvalue weighted by Crippen LogP contribution is -2.45. The van der Waals surface area contributed by atoms with Crippen molar-refractivity contribution < 1.29 is 9.53 Å². The highest BCUT2D eigenvalue weighted by Crippen LogP contribution is 2.48. The largest absolute Gasteiger partial charge is 0.462 e. The van der Waals surface area contributed by atoms with Gasteiger partial charge in [-0.15, -0.1) is 11.8 Å². The van der Waals surface area contributed by atoms with E-state index in [9.17, 15) is 9.59 Å². The van der Waals surface area contributed by atoms with Gasteiger partial charge in [0.1, 0.15) is 5.56 Å². The van der Waals surface area contributed by atoms with Crippen molar-refractivity contribution >= 4 is 45.7 Å². The number of rotatable bonds is 7. The summed E-state index contributed by atoms with van der Waals surface area (Å²) in [5.41, 5.74) is 16.4. The minimum absolute atomic E-state index is 0.00806. The number of carbonyl (C=O) groups excluding carboxylic acids is 1. The predicted molar refractivity (Wildman–Crippen MR) is 147 cm³/mol. The molecule has 1 aliphatic heterocycles. The second-order valence-corrected chi connectivity index (χ2v) is 10.5. The molecule has 0 amide bonds. The van der Waals surface area contributed by atoms with Crippen molar-refractivity contribution in [3.8, 4) is 0 Å². The first-order valence-electron chi connectivity index (χ1n) is 12.5. The van der Waals surface area contributed by atoms with Crippen molar-refractivity contribution in [3.63, 3.8) is 0 Å². The number of anilines is 3. The van der Waals surface area contributed by atoms with Gasteiger partial charge in [0.25, 0.3) is 0 Å². The van der Waals surface area contributed by atoms with Crippen LogP contribution in [0.4, 0.5) is 17.1 Å². The second-order valence-electron chi connectivity index (χ2n) is 9.52. The summed E-state index contributed by atoms with van der Waals surface area (Å²) >= 11 is 1.67. The van der Waals surface area contributed by atoms with Crippen LogP contribution in [0.25, 0.3) is 10.9 Å². The smallest absolute Gasteiger partial charge is 0.343 e. The van der Waals surface area contributed by atoms with Crippen LogP contribution in [0.3, 0.4) is 0 Å². The number of nitrogens with two attached hydrogens (primary N) is 2. The average molecular weight is 508 g/mol. The highest BCUT2D eigenvalue weighted by atomic mass is 32.2. The number of aromatic nitrogens is 1. The van der Waals surface area contributed by atoms with Gasteiger partial charge in [-0.25, -0.2) is 4.79 Å². The SMILES string of the molecule is CCOC(=O)c1cn(C2CC2)c2c(SCc3ccccc3)c(N3CCN(C)CC3)c(N)c(N)c2c1=O. The minimum Gasteiger partial charge on any atom is -0.462 e. The van der Waals surface area contributed by atoms with E-state index in [1.807, 2.05) is 18.2 Å². The molecule has 0 atom stereocenters. The van der Waals surface area contributed by atoms with E-state index in [1.165, 1.54) is 5.56 Å². The Kier molecular flexibility index (Phi) is 6.85. The van der Waals surface area contributed by atoms with E-state index in [-0.39, 0.29) is 23.9 Å². The zero-order valence-electron chi connectivity index (χ0n) is 20.8. The van der Waals surface area contributed by atoms with Gasteiger partial charge in [-0.05, 0) is 32.4 Å². The van der Waals surface area contributed by atoms with Crippen molar-refractivity contribution in [2.75, 3.05) is 56.2 Å². The van der Waals surface area contributed by atoms with Crippen molar-refractivity contribution in [1.82, 2.24) is 9.47 Å². The predicted octanol–water partition coefficient (Wildman–Crippen LogP) is 3.72. The first kappa shape index (κ1) is 24.5. The lowest BCUT2D eigenvalue weighted by atomic mass is 10.0. The molecule has 1 saturated carbocycles. The van der Waals surface area contributed by atoms with E-state index in [1.54, 1.807) is 24.9 Å². The van der Waals surface area contributed by atoms with Gasteiger partial charge in [-0.1, -0.05) is 30.3 Å². The Labute approximate surface area is 215 Å². The number of nitrogen functional groups attached to an aromatic ring is 2. The summed E-state index contributed by atoms with van der Waals surface area (Å²) in [5, 5.41) is 0.318. The van der Waals surface area contributed by atoms with Crippen LogP contribution < -0.4 is 21.8 Å². The number of fused-ring (bicyclic) bond motifs is 1. The fraction of sp³-hybridized carbons (Fsp3) is 0.407. The van der Waals surface area contributed by atoms with Gasteiger partial charge in [-0.3, -0.25) is 4.79 Å². The Balaban J connectivity index is 1.76. The van der Waals surface area contributed by atoms with Crippen LogP contribution in [0.1, 0.15) is 41.7 Å². The maximum absolute atomic E-state index is 13.7. The van der Waals surface area contributed by atoms with Gasteiger partial charge < -0.3 is 30.6 Å². The van der Waals surface area contributed by atoms with Crippen LogP contribution in [-0.4, -0.2) is 55.3 Å². The summed E-state index contributed by atoms with van der Waals surface area (Å²) in [4.78, 5) is 31.9. The van der Waals surface area contributed by atoms with E-state index in [2.05, 4.69) is 33.5 Å². The third-order valence-corrected chi connectivity index (χ3v) is 8.11. The number of ether oxygens (including phenoxy) is 1. The molecule has 2 aromatic carbocycles. The molecule has 2 fully saturated rings. The number of hydrogen-bond acceptors (Lipinski definition) is 8. The third-order valence-electron chi connectivity index (χ3n) is 6.96. The summed E-state index contributed by atoms with van der Waals surface area (Å²) in [6.45, 7) is 5.39. The number of benzene rings is 2. The second kappa shape index (κ2) is 10.1. The number of piperazine rings is 1. The van der Waals surface area contributed by atoms with Gasteiger partial charge in [-0.2, -0.15) is 0 Å². The molecule has 8 nitrogen and oxygen atoms in total. The monoisotopic (exact) mass is 507 g/mol. The molecule has 3 aromatic rings. The number of likely N-dealkylation sites (N-methyl/N-ethyl adjacent to an activating group) is 1. The topological polar surface area (TPSA) is 107 Å². The first-order valence-corrected chi connectivity index (χ1v) is 13.5. The van der Waals surface area contributed by atoms with E-state index < -0.39 is 11.4 Å². The number of thioether (sulfide) groups is 1. The van der Waals surface area contributed by atoms with Crippen LogP contribution in [0.2, 0.25) is 0 Å². The zero-order valence-corrected chi connectivity index (χ0v) is 21.6. The number of pyridine rings is 1. The van der Waals surface area contributed by atoms with E-state index in [4.69, 9.17) is 16.2 Å². The number of carbonyl (C=O) groups is 1. The first-order chi connectivity index (χ1) is 17.4. The van der Waals surface area contributed by atoms with Gasteiger partial charge >= 0.3 is 5.97 Å². The summed E-state index contributed by atoms with van der Waals surface area (Å²) in [7, 11) is 2.11. The summed E-state index contributed by atoms with van der Waals surface area (Å²) in [5.74, 6) is 0.0943. The van der Waals surface area contributed by atoms with Gasteiger partial charge in [0.2, 0.25) is 5.43 Å². The molecule has 2 heterocycles. The Morgan fingerprint density at radius 1 is 1.08 bits per heavy atom. The Morgan fingerprint density at radius 3 is 2.42 bits per heavy atom. The molecule has 0 bridgehead atoms. The van der Waals surface area contributed by atoms with Gasteiger partial charge in [0.05, 0.1) is 39.5 Å². The molecule has 1 saturated heterocycles. The maximum Gasteiger partial charge on any atom is 0.343 e. The van der Waals surface area contributed by atoms with Crippen LogP contribution in [0.15, 0.2) is 46.2 Å². The number of nitrogens with zero attached hydrogens (tertiary/aromatic N) is 3. The Bertz CT molecular complexity index is 1350. The molecule has 4 N–H and O–H groups in total. The molecule has 9 heteroatoms. The lowest BCUT2D eigenvalue weighted by Gasteiger charge is -2.36. The van der Waals surface area contributed by atoms with Crippen molar-refractivity contribution in [1.29, 1.82) is 0 Å². The summed E-state index contributed by atoms with van der Waals surface area (Å²) < 4.78 is 7.28. The molecule has 1 aromatic heterocycles. The van der Waals surface area contributed by atoms with Crippen LogP contribution in [0, 0.1) is 0 Å². The molecule has 5 rings (SSSR count). The molecular weight excluding hydrogens is 474 g/mol. The average Bonchev–Trinajstić information content (AvgIpc) is 3.72. The third kappa shape index (κ3) is 4.53. The molecule has 2 aliphatic rings. The fourth-order valence-corrected chi connectivity index (χ4v) is 6.04. The van der Waals surface area contributed by atoms with E-state index in [0.29, 0.717) is 11.1 Å². The zero-order chi connectivity index (χ0) is 25.4. The number of esters is 1. The highest BCUT2D eigenvalue weighted by Gasteiger charge is 2.32. The van der Waals surface area contributed by atoms with Crippen molar-refractivity contribution in [2.45, 2.75) is 36.5 Å². The highest BCUT2D eigenvalue weighted by molar-refractivity contribution is 7.99. The minimum atomic E-state index is -0.626. The molecule has 1 aliphatic carbocycles. The van der Waals surface area contributed by atoms with Gasteiger partial charge in [0, 0.05) is 44.2 Å². The summed E-state index contributed by atoms with van der Waals surface area (Å²) in [6, 6.07) is 10.5. The Morgan fingerprint density at radius 2 is 1.78 bits per heavy atom. The fourth-order valence-electron chi connectivity index (χ4n) is 4.82. The number of hydrogen-bond donors (Lipinski definition) is 2. The molecular formula is C27H33N5O3S. The van der Waals surface area contributed by atoms with Crippen LogP contribution in [0.5, 0.6) is 0 Å². The quantitative estimate of drug-likeness (QED) is 0.283. The van der Waals surface area contributed by atoms with E-state index >= 15 is 0 Å². The molecule has 0 radical (unpaired) electrons. The van der Waals surface area contributed by atoms with Crippen LogP contribution >= 0.6 is 11.8 Å².